The van der Waals surface area contributed by atoms with E-state index in [1.165, 1.54) is 5.56 Å². The van der Waals surface area contributed by atoms with Crippen molar-refractivity contribution in [2.75, 3.05) is 20.6 Å². The molecule has 0 spiro atoms. The Balaban J connectivity index is 1.41. The van der Waals surface area contributed by atoms with E-state index in [9.17, 15) is 0 Å². The minimum absolute atomic E-state index is 0.219. The first-order valence-corrected chi connectivity index (χ1v) is 9.14. The number of para-hydroxylation sites is 2. The molecule has 138 valence electrons. The number of hydrogen-bond donors (Lipinski definition) is 1. The van der Waals surface area contributed by atoms with Crippen LogP contribution in [0.15, 0.2) is 77.7 Å². The van der Waals surface area contributed by atoms with Gasteiger partial charge in [-0.25, -0.2) is 4.98 Å². The van der Waals surface area contributed by atoms with Crippen LogP contribution >= 0.6 is 0 Å². The number of fused-ring (bicyclic) bond motifs is 1. The van der Waals surface area contributed by atoms with Crippen LogP contribution in [0.25, 0.3) is 16.7 Å². The van der Waals surface area contributed by atoms with Gasteiger partial charge in [-0.15, -0.1) is 0 Å². The molecule has 0 aliphatic carbocycles. The summed E-state index contributed by atoms with van der Waals surface area (Å²) >= 11 is 0. The summed E-state index contributed by atoms with van der Waals surface area (Å²) in [6, 6.07) is 21.0. The van der Waals surface area contributed by atoms with Crippen LogP contribution in [-0.4, -0.2) is 35.1 Å². The number of nitrogens with zero attached hydrogens (tertiary/aromatic N) is 3. The van der Waals surface area contributed by atoms with E-state index in [0.717, 1.165) is 35.6 Å². The molecule has 4 aromatic rings. The van der Waals surface area contributed by atoms with Gasteiger partial charge in [0.2, 0.25) is 0 Å². The second-order valence-corrected chi connectivity index (χ2v) is 6.90. The third-order valence-corrected chi connectivity index (χ3v) is 4.83. The second kappa shape index (κ2) is 7.78. The van der Waals surface area contributed by atoms with Gasteiger partial charge in [0.25, 0.3) is 0 Å². The molecule has 2 heterocycles. The van der Waals surface area contributed by atoms with Crippen molar-refractivity contribution in [3.8, 4) is 5.69 Å². The van der Waals surface area contributed by atoms with Gasteiger partial charge in [-0.2, -0.15) is 0 Å². The highest BCUT2D eigenvalue weighted by Gasteiger charge is 2.16. The van der Waals surface area contributed by atoms with Crippen molar-refractivity contribution < 1.29 is 4.42 Å². The van der Waals surface area contributed by atoms with E-state index in [2.05, 4.69) is 64.2 Å². The SMILES string of the molecule is CN(C)[C@@H](CNCc1ccc(-n2cnc3ccccc32)cc1)c1ccco1. The van der Waals surface area contributed by atoms with Crippen molar-refractivity contribution in [2.45, 2.75) is 12.6 Å². The molecule has 0 saturated carbocycles. The van der Waals surface area contributed by atoms with Gasteiger partial charge in [-0.1, -0.05) is 24.3 Å². The summed E-state index contributed by atoms with van der Waals surface area (Å²) in [6.45, 7) is 1.64. The number of nitrogens with one attached hydrogen (secondary N) is 1. The molecule has 0 amide bonds. The molecule has 5 heteroatoms. The molecule has 27 heavy (non-hydrogen) atoms. The van der Waals surface area contributed by atoms with E-state index >= 15 is 0 Å². The smallest absolute Gasteiger partial charge is 0.122 e. The zero-order valence-electron chi connectivity index (χ0n) is 15.7. The standard InChI is InChI=1S/C22H24N4O/c1-25(2)21(22-8-5-13-27-22)15-23-14-17-9-11-18(12-10-17)26-16-24-19-6-3-4-7-20(19)26/h3-13,16,21,23H,14-15H2,1-2H3/t21-/m0/s1. The lowest BCUT2D eigenvalue weighted by Gasteiger charge is -2.22. The quantitative estimate of drug-likeness (QED) is 0.541. The first-order valence-electron chi connectivity index (χ1n) is 9.14. The van der Waals surface area contributed by atoms with Gasteiger partial charge < -0.3 is 9.73 Å². The first-order chi connectivity index (χ1) is 13.2. The van der Waals surface area contributed by atoms with Crippen molar-refractivity contribution in [2.24, 2.45) is 0 Å². The summed E-state index contributed by atoms with van der Waals surface area (Å²) < 4.78 is 7.68. The Morgan fingerprint density at radius 2 is 1.85 bits per heavy atom. The van der Waals surface area contributed by atoms with E-state index < -0.39 is 0 Å². The number of aromatic nitrogens is 2. The maximum atomic E-state index is 5.56. The number of likely N-dealkylation sites (N-methyl/N-ethyl adjacent to an activating group) is 1. The molecule has 0 saturated heterocycles. The average molecular weight is 360 g/mol. The highest BCUT2D eigenvalue weighted by atomic mass is 16.3. The van der Waals surface area contributed by atoms with Crippen LogP contribution in [0.2, 0.25) is 0 Å². The van der Waals surface area contributed by atoms with Crippen LogP contribution in [-0.2, 0) is 6.54 Å². The summed E-state index contributed by atoms with van der Waals surface area (Å²) in [7, 11) is 4.14. The van der Waals surface area contributed by atoms with Crippen LogP contribution in [0, 0.1) is 0 Å². The van der Waals surface area contributed by atoms with Crippen LogP contribution < -0.4 is 5.32 Å². The van der Waals surface area contributed by atoms with Crippen molar-refractivity contribution in [3.63, 3.8) is 0 Å². The average Bonchev–Trinajstić information content (AvgIpc) is 3.35. The van der Waals surface area contributed by atoms with E-state index in [0.29, 0.717) is 0 Å². The lowest BCUT2D eigenvalue weighted by molar-refractivity contribution is 0.250. The van der Waals surface area contributed by atoms with Gasteiger partial charge >= 0.3 is 0 Å². The zero-order valence-corrected chi connectivity index (χ0v) is 15.7. The third-order valence-electron chi connectivity index (χ3n) is 4.83. The molecule has 0 aliphatic heterocycles. The van der Waals surface area contributed by atoms with E-state index in [1.807, 2.05) is 36.7 Å². The molecule has 2 aromatic heterocycles. The van der Waals surface area contributed by atoms with E-state index in [4.69, 9.17) is 4.42 Å². The topological polar surface area (TPSA) is 46.2 Å². The van der Waals surface area contributed by atoms with Crippen LogP contribution in [0.4, 0.5) is 0 Å². The van der Waals surface area contributed by atoms with Crippen LogP contribution in [0.1, 0.15) is 17.4 Å². The fourth-order valence-electron chi connectivity index (χ4n) is 3.31. The van der Waals surface area contributed by atoms with Gasteiger partial charge in [0.1, 0.15) is 12.1 Å². The molecule has 0 unspecified atom stereocenters. The Labute approximate surface area is 159 Å². The summed E-state index contributed by atoms with van der Waals surface area (Å²) in [4.78, 5) is 6.63. The molecule has 0 fully saturated rings. The number of imidazole rings is 1. The highest BCUT2D eigenvalue weighted by molar-refractivity contribution is 5.77. The molecular formula is C22H24N4O. The van der Waals surface area contributed by atoms with Crippen molar-refractivity contribution >= 4 is 11.0 Å². The summed E-state index contributed by atoms with van der Waals surface area (Å²) in [6.07, 6.45) is 3.60. The summed E-state index contributed by atoms with van der Waals surface area (Å²) in [5, 5.41) is 3.53. The summed E-state index contributed by atoms with van der Waals surface area (Å²) in [5.74, 6) is 0.981. The normalized spacial score (nSPS) is 12.7. The molecule has 5 nitrogen and oxygen atoms in total. The van der Waals surface area contributed by atoms with E-state index in [-0.39, 0.29) is 6.04 Å². The molecule has 4 rings (SSSR count). The Hall–Kier alpha value is -2.89. The predicted molar refractivity (Wildman–Crippen MR) is 108 cm³/mol. The van der Waals surface area contributed by atoms with Crippen LogP contribution in [0.3, 0.4) is 0 Å². The molecular weight excluding hydrogens is 336 g/mol. The highest BCUT2D eigenvalue weighted by Crippen LogP contribution is 2.19. The zero-order chi connectivity index (χ0) is 18.6. The lowest BCUT2D eigenvalue weighted by atomic mass is 10.1. The Morgan fingerprint density at radius 1 is 1.04 bits per heavy atom. The summed E-state index contributed by atoms with van der Waals surface area (Å²) in [5.41, 5.74) is 4.50. The number of benzene rings is 2. The van der Waals surface area contributed by atoms with Crippen LogP contribution in [0.5, 0.6) is 0 Å². The molecule has 0 radical (unpaired) electrons. The van der Waals surface area contributed by atoms with Crippen molar-refractivity contribution in [1.29, 1.82) is 0 Å². The fraction of sp³-hybridized carbons (Fsp3) is 0.227. The van der Waals surface area contributed by atoms with Crippen molar-refractivity contribution in [1.82, 2.24) is 19.8 Å². The maximum Gasteiger partial charge on any atom is 0.122 e. The van der Waals surface area contributed by atoms with Crippen molar-refractivity contribution in [3.05, 3.63) is 84.6 Å². The molecule has 0 aliphatic rings. The predicted octanol–water partition coefficient (Wildman–Crippen LogP) is 4.01. The number of rotatable bonds is 7. The van der Waals surface area contributed by atoms with Gasteiger partial charge in [0, 0.05) is 18.8 Å². The monoisotopic (exact) mass is 360 g/mol. The van der Waals surface area contributed by atoms with E-state index in [1.54, 1.807) is 6.26 Å². The third kappa shape index (κ3) is 3.79. The number of hydrogen-bond acceptors (Lipinski definition) is 4. The maximum absolute atomic E-state index is 5.56. The second-order valence-electron chi connectivity index (χ2n) is 6.90. The first kappa shape index (κ1) is 17.5. The Morgan fingerprint density at radius 3 is 2.59 bits per heavy atom. The minimum Gasteiger partial charge on any atom is -0.468 e. The minimum atomic E-state index is 0.219. The van der Waals surface area contributed by atoms with Gasteiger partial charge in [0.05, 0.1) is 23.3 Å². The molecule has 2 aromatic carbocycles. The van der Waals surface area contributed by atoms with Gasteiger partial charge in [-0.05, 0) is 56.1 Å². The molecule has 1 atom stereocenters. The fourth-order valence-corrected chi connectivity index (χ4v) is 3.31. The Bertz CT molecular complexity index is 987. The lowest BCUT2D eigenvalue weighted by Crippen LogP contribution is -2.30. The van der Waals surface area contributed by atoms with Gasteiger partial charge in [-0.3, -0.25) is 9.47 Å². The Kier molecular flexibility index (Phi) is 5.05. The largest absolute Gasteiger partial charge is 0.468 e. The molecule has 1 N–H and O–H groups in total. The molecule has 0 bridgehead atoms. The van der Waals surface area contributed by atoms with Gasteiger partial charge in [0.15, 0.2) is 0 Å². The number of furan rings is 1.